The van der Waals surface area contributed by atoms with E-state index in [1.54, 1.807) is 6.92 Å². The van der Waals surface area contributed by atoms with Gasteiger partial charge in [-0.1, -0.05) is 15.9 Å². The fourth-order valence-electron chi connectivity index (χ4n) is 1.41. The lowest BCUT2D eigenvalue weighted by molar-refractivity contribution is 0.0509. The molecule has 2 atom stereocenters. The molecular weight excluding hydrogens is 282 g/mol. The molecule has 0 spiro atoms. The summed E-state index contributed by atoms with van der Waals surface area (Å²) >= 11 is 3.19. The summed E-state index contributed by atoms with van der Waals surface area (Å²) < 4.78 is 37.5. The van der Waals surface area contributed by atoms with Crippen molar-refractivity contribution in [2.45, 2.75) is 19.1 Å². The van der Waals surface area contributed by atoms with Crippen molar-refractivity contribution in [2.24, 2.45) is 0 Å². The Morgan fingerprint density at radius 2 is 2.25 bits per heavy atom. The van der Waals surface area contributed by atoms with Crippen molar-refractivity contribution in [1.82, 2.24) is 0 Å². The second-order valence-corrected chi connectivity index (χ2v) is 4.54. The first-order valence-corrected chi connectivity index (χ1v) is 5.75. The molecule has 0 amide bonds. The lowest BCUT2D eigenvalue weighted by Gasteiger charge is -2.15. The largest absolute Gasteiger partial charge is 0.371 e. The number of halogens is 3. The molecule has 0 aliphatic carbocycles. The molecule has 1 heterocycles. The second-order valence-electron chi connectivity index (χ2n) is 3.69. The van der Waals surface area contributed by atoms with E-state index < -0.39 is 17.7 Å². The van der Waals surface area contributed by atoms with Gasteiger partial charge in [0.2, 0.25) is 0 Å². The van der Waals surface area contributed by atoms with Crippen molar-refractivity contribution < 1.29 is 18.3 Å². The maximum Gasteiger partial charge on any atom is 0.165 e. The number of ether oxygens (including phenoxy) is 2. The first kappa shape index (κ1) is 12.0. The van der Waals surface area contributed by atoms with Crippen LogP contribution in [0.3, 0.4) is 0 Å². The Kier molecular flexibility index (Phi) is 3.56. The molecule has 1 aliphatic heterocycles. The van der Waals surface area contributed by atoms with Gasteiger partial charge < -0.3 is 9.47 Å². The van der Waals surface area contributed by atoms with Gasteiger partial charge in [0.25, 0.3) is 0 Å². The second kappa shape index (κ2) is 4.77. The highest BCUT2D eigenvalue weighted by Crippen LogP contribution is 2.30. The molecule has 2 rings (SSSR count). The van der Waals surface area contributed by atoms with Gasteiger partial charge in [-0.05, 0) is 19.1 Å². The Morgan fingerprint density at radius 1 is 1.56 bits per heavy atom. The zero-order valence-corrected chi connectivity index (χ0v) is 10.3. The van der Waals surface area contributed by atoms with E-state index in [9.17, 15) is 8.78 Å². The molecule has 0 radical (unpaired) electrons. The van der Waals surface area contributed by atoms with Gasteiger partial charge in [0.1, 0.15) is 6.10 Å². The lowest BCUT2D eigenvalue weighted by atomic mass is 10.1. The van der Waals surface area contributed by atoms with E-state index in [0.717, 1.165) is 6.07 Å². The van der Waals surface area contributed by atoms with Gasteiger partial charge in [0, 0.05) is 10.0 Å². The lowest BCUT2D eigenvalue weighted by Crippen LogP contribution is -2.09. The Labute approximate surface area is 101 Å². The molecule has 0 N–H and O–H groups in total. The highest BCUT2D eigenvalue weighted by Gasteiger charge is 2.25. The first-order valence-electron chi connectivity index (χ1n) is 4.96. The number of hydrogen-bond donors (Lipinski definition) is 0. The van der Waals surface area contributed by atoms with Gasteiger partial charge in [-0.3, -0.25) is 0 Å². The van der Waals surface area contributed by atoms with Gasteiger partial charge in [0.05, 0.1) is 19.3 Å². The van der Waals surface area contributed by atoms with Crippen LogP contribution in [-0.4, -0.2) is 19.3 Å². The van der Waals surface area contributed by atoms with Gasteiger partial charge >= 0.3 is 0 Å². The van der Waals surface area contributed by atoms with Gasteiger partial charge in [-0.2, -0.15) is 0 Å². The summed E-state index contributed by atoms with van der Waals surface area (Å²) in [7, 11) is 0. The van der Waals surface area contributed by atoms with E-state index in [4.69, 9.17) is 9.47 Å². The van der Waals surface area contributed by atoms with E-state index in [0.29, 0.717) is 17.7 Å². The number of rotatable bonds is 4. The molecule has 0 saturated carbocycles. The minimum atomic E-state index is -0.865. The maximum atomic E-state index is 13.5. The molecule has 0 aromatic heterocycles. The standard InChI is InChI=1S/C11H11BrF2O2/c1-6(15-4-7-5-16-7)10-8(12)2-3-9(13)11(10)14/h2-3,6-7H,4-5H2,1H3/t6?,7-/m0/s1. The highest BCUT2D eigenvalue weighted by molar-refractivity contribution is 9.10. The number of hydrogen-bond acceptors (Lipinski definition) is 2. The minimum absolute atomic E-state index is 0.109. The predicted molar refractivity (Wildman–Crippen MR) is 58.2 cm³/mol. The van der Waals surface area contributed by atoms with Crippen molar-refractivity contribution in [3.8, 4) is 0 Å². The Morgan fingerprint density at radius 3 is 2.88 bits per heavy atom. The summed E-state index contributed by atoms with van der Waals surface area (Å²) in [6.45, 7) is 2.77. The van der Waals surface area contributed by atoms with Crippen LogP contribution in [0.1, 0.15) is 18.6 Å². The molecule has 1 unspecified atom stereocenters. The fraction of sp³-hybridized carbons (Fsp3) is 0.455. The van der Waals surface area contributed by atoms with Crippen LogP contribution in [0.4, 0.5) is 8.78 Å². The molecule has 1 fully saturated rings. The quantitative estimate of drug-likeness (QED) is 0.628. The Hall–Kier alpha value is -0.520. The molecule has 1 aliphatic rings. The molecule has 1 aromatic rings. The van der Waals surface area contributed by atoms with Crippen molar-refractivity contribution in [1.29, 1.82) is 0 Å². The summed E-state index contributed by atoms with van der Waals surface area (Å²) in [4.78, 5) is 0. The minimum Gasteiger partial charge on any atom is -0.371 e. The zero-order valence-electron chi connectivity index (χ0n) is 8.67. The summed E-state index contributed by atoms with van der Waals surface area (Å²) in [5.74, 6) is -1.73. The van der Waals surface area contributed by atoms with E-state index >= 15 is 0 Å². The van der Waals surface area contributed by atoms with Crippen LogP contribution in [0.5, 0.6) is 0 Å². The smallest absolute Gasteiger partial charge is 0.165 e. The van der Waals surface area contributed by atoms with Crippen LogP contribution >= 0.6 is 15.9 Å². The van der Waals surface area contributed by atoms with Crippen LogP contribution in [0.2, 0.25) is 0 Å². The monoisotopic (exact) mass is 292 g/mol. The molecule has 0 bridgehead atoms. The van der Waals surface area contributed by atoms with Gasteiger partial charge in [-0.25, -0.2) is 8.78 Å². The molecule has 5 heteroatoms. The molecule has 88 valence electrons. The van der Waals surface area contributed by atoms with Crippen LogP contribution in [0, 0.1) is 11.6 Å². The zero-order chi connectivity index (χ0) is 11.7. The van der Waals surface area contributed by atoms with Crippen LogP contribution in [-0.2, 0) is 9.47 Å². The van der Waals surface area contributed by atoms with Crippen molar-refractivity contribution in [3.63, 3.8) is 0 Å². The van der Waals surface area contributed by atoms with Crippen molar-refractivity contribution in [3.05, 3.63) is 33.8 Å². The summed E-state index contributed by atoms with van der Waals surface area (Å²) in [6, 6.07) is 2.56. The topological polar surface area (TPSA) is 21.8 Å². The highest BCUT2D eigenvalue weighted by atomic mass is 79.9. The Bertz CT molecular complexity index is 394. The third-order valence-electron chi connectivity index (χ3n) is 2.42. The Balaban J connectivity index is 2.13. The predicted octanol–water partition coefficient (Wildman–Crippen LogP) is 3.20. The van der Waals surface area contributed by atoms with E-state index in [1.165, 1.54) is 6.07 Å². The fourth-order valence-corrected chi connectivity index (χ4v) is 2.04. The van der Waals surface area contributed by atoms with Gasteiger partial charge in [-0.15, -0.1) is 0 Å². The number of epoxide rings is 1. The van der Waals surface area contributed by atoms with Crippen LogP contribution < -0.4 is 0 Å². The molecule has 2 nitrogen and oxygen atoms in total. The normalized spacial score (nSPS) is 20.9. The van der Waals surface area contributed by atoms with Gasteiger partial charge in [0.15, 0.2) is 11.6 Å². The van der Waals surface area contributed by atoms with E-state index in [-0.39, 0.29) is 11.7 Å². The van der Waals surface area contributed by atoms with E-state index in [1.807, 2.05) is 0 Å². The SMILES string of the molecule is CC(OC[C@H]1CO1)c1c(Br)ccc(F)c1F. The van der Waals surface area contributed by atoms with Crippen molar-refractivity contribution >= 4 is 15.9 Å². The first-order chi connectivity index (χ1) is 7.59. The molecular formula is C11H11BrF2O2. The average molecular weight is 293 g/mol. The van der Waals surface area contributed by atoms with Crippen molar-refractivity contribution in [2.75, 3.05) is 13.2 Å². The summed E-state index contributed by atoms with van der Waals surface area (Å²) in [5.41, 5.74) is 0.209. The average Bonchev–Trinajstić information content (AvgIpc) is 3.05. The summed E-state index contributed by atoms with van der Waals surface area (Å²) in [6.07, 6.45) is -0.396. The van der Waals surface area contributed by atoms with Crippen LogP contribution in [0.15, 0.2) is 16.6 Å². The summed E-state index contributed by atoms with van der Waals surface area (Å²) in [5, 5.41) is 0. The molecule has 1 saturated heterocycles. The van der Waals surface area contributed by atoms with E-state index in [2.05, 4.69) is 15.9 Å². The molecule has 1 aromatic carbocycles. The third kappa shape index (κ3) is 2.59. The third-order valence-corrected chi connectivity index (χ3v) is 3.11. The maximum absolute atomic E-state index is 13.5. The molecule has 16 heavy (non-hydrogen) atoms. The van der Waals surface area contributed by atoms with Crippen LogP contribution in [0.25, 0.3) is 0 Å². The number of benzene rings is 1.